The highest BCUT2D eigenvalue weighted by atomic mass is 35.5. The van der Waals surface area contributed by atoms with E-state index in [9.17, 15) is 17.6 Å². The van der Waals surface area contributed by atoms with E-state index in [0.717, 1.165) is 33.3 Å². The molecule has 5 nitrogen and oxygen atoms in total. The summed E-state index contributed by atoms with van der Waals surface area (Å²) in [6.45, 7) is 5.37. The summed E-state index contributed by atoms with van der Waals surface area (Å²) >= 11 is 5.74. The van der Waals surface area contributed by atoms with Crippen LogP contribution in [-0.2, 0) is 14.8 Å². The summed E-state index contributed by atoms with van der Waals surface area (Å²) in [5.74, 6) is -1.15. The van der Waals surface area contributed by atoms with Crippen LogP contribution in [0.15, 0.2) is 36.4 Å². The standard InChI is InChI=1S/C19H22ClFN2O3S/c1-12-5-6-15(9-13(12)2)14(3)22-19(24)11-23(27(4,25)26)16-7-8-18(21)17(20)10-16/h5-10,14H,11H2,1-4H3,(H,22,24)/t14-/m1/s1. The first-order valence-corrected chi connectivity index (χ1v) is 10.5. The van der Waals surface area contributed by atoms with E-state index in [1.165, 1.54) is 12.1 Å². The highest BCUT2D eigenvalue weighted by Gasteiger charge is 2.22. The van der Waals surface area contributed by atoms with Crippen LogP contribution in [0, 0.1) is 19.7 Å². The number of carbonyl (C=O) groups excluding carboxylic acids is 1. The van der Waals surface area contributed by atoms with Crippen molar-refractivity contribution in [2.45, 2.75) is 26.8 Å². The van der Waals surface area contributed by atoms with Gasteiger partial charge in [0.05, 0.1) is 23.0 Å². The number of anilines is 1. The van der Waals surface area contributed by atoms with Gasteiger partial charge in [-0.25, -0.2) is 12.8 Å². The molecule has 0 aromatic heterocycles. The molecule has 0 saturated heterocycles. The molecule has 0 aliphatic rings. The highest BCUT2D eigenvalue weighted by Crippen LogP contribution is 2.24. The summed E-state index contributed by atoms with van der Waals surface area (Å²) < 4.78 is 38.5. The maximum atomic E-state index is 13.4. The van der Waals surface area contributed by atoms with Crippen LogP contribution in [0.4, 0.5) is 10.1 Å². The van der Waals surface area contributed by atoms with Gasteiger partial charge in [0.25, 0.3) is 0 Å². The zero-order valence-corrected chi connectivity index (χ0v) is 17.2. The largest absolute Gasteiger partial charge is 0.348 e. The minimum Gasteiger partial charge on any atom is -0.348 e. The topological polar surface area (TPSA) is 66.5 Å². The molecule has 8 heteroatoms. The molecule has 1 N–H and O–H groups in total. The van der Waals surface area contributed by atoms with Gasteiger partial charge in [-0.05, 0) is 55.7 Å². The second kappa shape index (κ2) is 8.27. The number of hydrogen-bond donors (Lipinski definition) is 1. The van der Waals surface area contributed by atoms with Gasteiger partial charge in [-0.3, -0.25) is 9.10 Å². The number of halogens is 2. The van der Waals surface area contributed by atoms with E-state index in [-0.39, 0.29) is 16.8 Å². The number of carbonyl (C=O) groups is 1. The molecule has 0 saturated carbocycles. The summed E-state index contributed by atoms with van der Waals surface area (Å²) in [6.07, 6.45) is 0.976. The van der Waals surface area contributed by atoms with Crippen LogP contribution in [0.5, 0.6) is 0 Å². The molecule has 1 atom stereocenters. The molecular formula is C19H22ClFN2O3S. The lowest BCUT2D eigenvalue weighted by Gasteiger charge is -2.23. The zero-order chi connectivity index (χ0) is 20.4. The molecule has 0 radical (unpaired) electrons. The fourth-order valence-electron chi connectivity index (χ4n) is 2.58. The third-order valence-corrected chi connectivity index (χ3v) is 5.72. The monoisotopic (exact) mass is 412 g/mol. The Labute approximate surface area is 164 Å². The van der Waals surface area contributed by atoms with Crippen molar-refractivity contribution in [1.29, 1.82) is 0 Å². The molecule has 0 unspecified atom stereocenters. The van der Waals surface area contributed by atoms with Gasteiger partial charge in [0, 0.05) is 0 Å². The second-order valence-electron chi connectivity index (χ2n) is 6.50. The average molecular weight is 413 g/mol. The van der Waals surface area contributed by atoms with Crippen LogP contribution in [0.1, 0.15) is 29.7 Å². The van der Waals surface area contributed by atoms with E-state index < -0.39 is 28.3 Å². The molecule has 2 rings (SSSR count). The Morgan fingerprint density at radius 2 is 1.85 bits per heavy atom. The normalized spacial score (nSPS) is 12.5. The predicted octanol–water partition coefficient (Wildman–Crippen LogP) is 3.74. The molecule has 2 aromatic carbocycles. The first kappa shape index (κ1) is 21.2. The Morgan fingerprint density at radius 1 is 1.19 bits per heavy atom. The fourth-order valence-corrected chi connectivity index (χ4v) is 3.60. The number of nitrogens with zero attached hydrogens (tertiary/aromatic N) is 1. The second-order valence-corrected chi connectivity index (χ2v) is 8.81. The van der Waals surface area contributed by atoms with Crippen molar-refractivity contribution in [2.75, 3.05) is 17.1 Å². The van der Waals surface area contributed by atoms with Crippen LogP contribution in [0.3, 0.4) is 0 Å². The van der Waals surface area contributed by atoms with Crippen molar-refractivity contribution < 1.29 is 17.6 Å². The first-order chi connectivity index (χ1) is 12.5. The Hall–Kier alpha value is -2.12. The van der Waals surface area contributed by atoms with Crippen LogP contribution >= 0.6 is 11.6 Å². The maximum Gasteiger partial charge on any atom is 0.241 e. The quantitative estimate of drug-likeness (QED) is 0.785. The summed E-state index contributed by atoms with van der Waals surface area (Å²) in [5, 5.41) is 2.57. The molecule has 27 heavy (non-hydrogen) atoms. The van der Waals surface area contributed by atoms with E-state index in [4.69, 9.17) is 11.6 Å². The molecule has 0 fully saturated rings. The van der Waals surface area contributed by atoms with Crippen LogP contribution in [0.2, 0.25) is 5.02 Å². The number of amides is 1. The van der Waals surface area contributed by atoms with E-state index in [2.05, 4.69) is 5.32 Å². The van der Waals surface area contributed by atoms with E-state index in [0.29, 0.717) is 0 Å². The molecular weight excluding hydrogens is 391 g/mol. The first-order valence-electron chi connectivity index (χ1n) is 8.28. The van der Waals surface area contributed by atoms with Crippen molar-refractivity contribution >= 4 is 33.2 Å². The Kier molecular flexibility index (Phi) is 6.49. The molecule has 0 heterocycles. The number of rotatable bonds is 6. The smallest absolute Gasteiger partial charge is 0.241 e. The van der Waals surface area contributed by atoms with Gasteiger partial charge < -0.3 is 5.32 Å². The molecule has 2 aromatic rings. The van der Waals surface area contributed by atoms with E-state index in [1.54, 1.807) is 0 Å². The van der Waals surface area contributed by atoms with Gasteiger partial charge >= 0.3 is 0 Å². The molecule has 146 valence electrons. The van der Waals surface area contributed by atoms with Crippen LogP contribution in [0.25, 0.3) is 0 Å². The molecule has 1 amide bonds. The summed E-state index contributed by atoms with van der Waals surface area (Å²) in [4.78, 5) is 12.4. The summed E-state index contributed by atoms with van der Waals surface area (Å²) in [5.41, 5.74) is 3.29. The predicted molar refractivity (Wildman–Crippen MR) is 106 cm³/mol. The number of sulfonamides is 1. The minimum atomic E-state index is -3.76. The van der Waals surface area contributed by atoms with Crippen molar-refractivity contribution in [3.63, 3.8) is 0 Å². The van der Waals surface area contributed by atoms with E-state index in [1.807, 2.05) is 39.0 Å². The SMILES string of the molecule is Cc1ccc([C@@H](C)NC(=O)CN(c2ccc(F)c(Cl)c2)S(C)(=O)=O)cc1C. The zero-order valence-electron chi connectivity index (χ0n) is 15.6. The molecule has 0 aliphatic carbocycles. The Bertz CT molecular complexity index is 963. The Balaban J connectivity index is 2.18. The van der Waals surface area contributed by atoms with Crippen molar-refractivity contribution in [1.82, 2.24) is 5.32 Å². The third-order valence-electron chi connectivity index (χ3n) is 4.29. The molecule has 0 aliphatic heterocycles. The summed E-state index contributed by atoms with van der Waals surface area (Å²) in [6, 6.07) is 9.08. The summed E-state index contributed by atoms with van der Waals surface area (Å²) in [7, 11) is -3.76. The number of benzene rings is 2. The lowest BCUT2D eigenvalue weighted by atomic mass is 10.0. The number of hydrogen-bond acceptors (Lipinski definition) is 3. The van der Waals surface area contributed by atoms with Gasteiger partial charge in [-0.15, -0.1) is 0 Å². The van der Waals surface area contributed by atoms with Crippen molar-refractivity contribution in [3.8, 4) is 0 Å². The van der Waals surface area contributed by atoms with Gasteiger partial charge in [0.2, 0.25) is 15.9 Å². The average Bonchev–Trinajstić information content (AvgIpc) is 2.56. The minimum absolute atomic E-state index is 0.123. The number of nitrogens with one attached hydrogen (secondary N) is 1. The van der Waals surface area contributed by atoms with Crippen molar-refractivity contribution in [2.24, 2.45) is 0 Å². The molecule has 0 bridgehead atoms. The molecule has 0 spiro atoms. The van der Waals surface area contributed by atoms with E-state index >= 15 is 0 Å². The van der Waals surface area contributed by atoms with Gasteiger partial charge in [-0.1, -0.05) is 29.8 Å². The third kappa shape index (κ3) is 5.43. The fraction of sp³-hybridized carbons (Fsp3) is 0.316. The maximum absolute atomic E-state index is 13.4. The van der Waals surface area contributed by atoms with Gasteiger partial charge in [0.15, 0.2) is 0 Å². The van der Waals surface area contributed by atoms with Crippen molar-refractivity contribution in [3.05, 3.63) is 63.9 Å². The van der Waals surface area contributed by atoms with Crippen LogP contribution in [-0.4, -0.2) is 27.1 Å². The Morgan fingerprint density at radius 3 is 2.41 bits per heavy atom. The van der Waals surface area contributed by atoms with Crippen LogP contribution < -0.4 is 9.62 Å². The lowest BCUT2D eigenvalue weighted by molar-refractivity contribution is -0.120. The van der Waals surface area contributed by atoms with Gasteiger partial charge in [0.1, 0.15) is 12.4 Å². The number of aryl methyl sites for hydroxylation is 2. The lowest BCUT2D eigenvalue weighted by Crippen LogP contribution is -2.41. The van der Waals surface area contributed by atoms with Gasteiger partial charge in [-0.2, -0.15) is 0 Å². The highest BCUT2D eigenvalue weighted by molar-refractivity contribution is 7.92.